The molecule has 2 amide bonds. The van der Waals surface area contributed by atoms with Gasteiger partial charge in [-0.1, -0.05) is 130 Å². The van der Waals surface area contributed by atoms with Gasteiger partial charge < -0.3 is 9.64 Å². The SMILES string of the molecule is CC(C)(C)CC(C)(C)c1ccc(N(c2ccc(C(C)(C)CC(C)(C)C)cc2)c2ccc3c4ccc5c6c(ccc(c7cccc2c73)c64)C(=O)N(c2ccc(OC=O)cc2)C5=O)cc1. The second-order valence-corrected chi connectivity index (χ2v) is 21.3. The zero-order valence-electron chi connectivity index (χ0n) is 38.1. The van der Waals surface area contributed by atoms with Crippen LogP contribution < -0.4 is 14.5 Å². The van der Waals surface area contributed by atoms with Crippen LogP contribution in [0.3, 0.4) is 0 Å². The molecule has 0 saturated carbocycles. The van der Waals surface area contributed by atoms with Crippen LogP contribution in [0.2, 0.25) is 0 Å². The van der Waals surface area contributed by atoms with Gasteiger partial charge in [-0.3, -0.25) is 14.4 Å². The average molecular weight is 833 g/mol. The molecule has 0 saturated heterocycles. The van der Waals surface area contributed by atoms with Gasteiger partial charge in [-0.05, 0) is 145 Å². The standard InChI is InChI=1S/C57H56N2O4/c1-54(2,3)32-56(7,8)35-14-18-37(19-15-35)58(38-20-16-36(17-21-38)57(9,10)33-55(4,5)6)48-31-30-42-44-27-29-47-51-46(28-26-43(50(44)51)41-12-11-13-45(48)49(41)42)52(61)59(53(47)62)39-22-24-40(25-23-39)63-34-60/h11-31,34H,32-33H2,1-10H3. The monoisotopic (exact) mass is 832 g/mol. The predicted molar refractivity (Wildman–Crippen MR) is 261 cm³/mol. The maximum absolute atomic E-state index is 14.3. The topological polar surface area (TPSA) is 66.9 Å². The van der Waals surface area contributed by atoms with Gasteiger partial charge in [0.25, 0.3) is 18.3 Å². The molecule has 0 aromatic heterocycles. The number of benzene rings is 8. The molecule has 0 atom stereocenters. The van der Waals surface area contributed by atoms with E-state index in [-0.39, 0.29) is 21.7 Å². The predicted octanol–water partition coefficient (Wildman–Crippen LogP) is 15.0. The number of hydrogen-bond donors (Lipinski definition) is 0. The molecular weight excluding hydrogens is 777 g/mol. The number of hydrogen-bond acceptors (Lipinski definition) is 5. The van der Waals surface area contributed by atoms with Gasteiger partial charge in [-0.15, -0.1) is 0 Å². The van der Waals surface area contributed by atoms with Crippen molar-refractivity contribution < 1.29 is 19.1 Å². The molecule has 6 nitrogen and oxygen atoms in total. The number of fused-ring (bicyclic) bond motifs is 2. The minimum atomic E-state index is -0.393. The number of carbonyl (C=O) groups is 3. The highest BCUT2D eigenvalue weighted by atomic mass is 16.5. The molecular formula is C57H56N2O4. The summed E-state index contributed by atoms with van der Waals surface area (Å²) in [6.07, 6.45) is 2.13. The summed E-state index contributed by atoms with van der Waals surface area (Å²) in [7, 11) is 0. The first kappa shape index (κ1) is 41.8. The summed E-state index contributed by atoms with van der Waals surface area (Å²) in [4.78, 5) is 43.0. The summed E-state index contributed by atoms with van der Waals surface area (Å²) >= 11 is 0. The van der Waals surface area contributed by atoms with Gasteiger partial charge >= 0.3 is 0 Å². The summed E-state index contributed by atoms with van der Waals surface area (Å²) < 4.78 is 4.95. The molecule has 0 radical (unpaired) electrons. The van der Waals surface area contributed by atoms with Gasteiger partial charge in [-0.25, -0.2) is 4.90 Å². The summed E-state index contributed by atoms with van der Waals surface area (Å²) in [6, 6.07) is 43.4. The smallest absolute Gasteiger partial charge is 0.298 e. The van der Waals surface area contributed by atoms with Gasteiger partial charge in [0.05, 0.1) is 11.4 Å². The normalized spacial score (nSPS) is 13.8. The van der Waals surface area contributed by atoms with Crippen molar-refractivity contribution in [3.8, 4) is 5.75 Å². The van der Waals surface area contributed by atoms with Crippen LogP contribution in [0, 0.1) is 10.8 Å². The van der Waals surface area contributed by atoms with Crippen molar-refractivity contribution in [3.63, 3.8) is 0 Å². The number of carbonyl (C=O) groups excluding carboxylic acids is 3. The summed E-state index contributed by atoms with van der Waals surface area (Å²) in [5.74, 6) is -0.461. The quantitative estimate of drug-likeness (QED) is 0.0594. The maximum Gasteiger partial charge on any atom is 0.298 e. The summed E-state index contributed by atoms with van der Waals surface area (Å²) in [6.45, 7) is 23.6. The Morgan fingerprint density at radius 2 is 0.937 bits per heavy atom. The number of nitrogens with zero attached hydrogens (tertiary/aromatic N) is 2. The molecule has 1 heterocycles. The van der Waals surface area contributed by atoms with E-state index in [1.165, 1.54) is 16.0 Å². The first-order chi connectivity index (χ1) is 29.8. The van der Waals surface area contributed by atoms with Crippen molar-refractivity contribution in [1.82, 2.24) is 0 Å². The Hall–Kier alpha value is -6.53. The van der Waals surface area contributed by atoms with Crippen molar-refractivity contribution in [2.75, 3.05) is 9.80 Å². The van der Waals surface area contributed by atoms with Crippen LogP contribution in [-0.4, -0.2) is 18.3 Å². The summed E-state index contributed by atoms with van der Waals surface area (Å²) in [5, 5.41) is 7.94. The minimum Gasteiger partial charge on any atom is -0.429 e. The fraction of sp³-hybridized carbons (Fsp3) is 0.281. The molecule has 1 aliphatic rings. The van der Waals surface area contributed by atoms with E-state index in [4.69, 9.17) is 4.74 Å². The Morgan fingerprint density at radius 1 is 0.492 bits per heavy atom. The van der Waals surface area contributed by atoms with Crippen molar-refractivity contribution in [3.05, 3.63) is 150 Å². The van der Waals surface area contributed by atoms with E-state index in [1.54, 1.807) is 24.3 Å². The summed E-state index contributed by atoms with van der Waals surface area (Å²) in [5.41, 5.74) is 7.59. The highest BCUT2D eigenvalue weighted by molar-refractivity contribution is 6.42. The van der Waals surface area contributed by atoms with Crippen LogP contribution in [-0.2, 0) is 15.6 Å². The highest BCUT2D eigenvalue weighted by Gasteiger charge is 2.36. The minimum absolute atomic E-state index is 0.00297. The second kappa shape index (κ2) is 14.8. The maximum atomic E-state index is 14.3. The Morgan fingerprint density at radius 3 is 1.41 bits per heavy atom. The highest BCUT2D eigenvalue weighted by Crippen LogP contribution is 2.49. The molecule has 8 aromatic carbocycles. The van der Waals surface area contributed by atoms with Crippen molar-refractivity contribution in [1.29, 1.82) is 0 Å². The Bertz CT molecular complexity index is 2950. The van der Waals surface area contributed by atoms with Crippen LogP contribution in [0.5, 0.6) is 5.75 Å². The van der Waals surface area contributed by atoms with Crippen molar-refractivity contribution in [2.45, 2.75) is 92.9 Å². The molecule has 318 valence electrons. The third kappa shape index (κ3) is 7.29. The van der Waals surface area contributed by atoms with Gasteiger partial charge in [0.1, 0.15) is 5.75 Å². The molecule has 0 unspecified atom stereocenters. The number of anilines is 4. The fourth-order valence-corrected chi connectivity index (χ4v) is 11.0. The lowest BCUT2D eigenvalue weighted by Gasteiger charge is -2.34. The van der Waals surface area contributed by atoms with Gasteiger partial charge in [-0.2, -0.15) is 0 Å². The molecule has 8 aromatic rings. The number of rotatable bonds is 10. The van der Waals surface area contributed by atoms with E-state index in [0.29, 0.717) is 34.4 Å². The zero-order chi connectivity index (χ0) is 44.8. The number of imide groups is 1. The molecule has 0 bridgehead atoms. The molecule has 0 fully saturated rings. The van der Waals surface area contributed by atoms with Crippen LogP contribution in [0.15, 0.2) is 127 Å². The van der Waals surface area contributed by atoms with E-state index < -0.39 is 11.8 Å². The van der Waals surface area contributed by atoms with Crippen molar-refractivity contribution >= 4 is 84.1 Å². The largest absolute Gasteiger partial charge is 0.429 e. The first-order valence-electron chi connectivity index (χ1n) is 22.0. The van der Waals surface area contributed by atoms with Gasteiger partial charge in [0.15, 0.2) is 0 Å². The van der Waals surface area contributed by atoms with Crippen LogP contribution in [0.4, 0.5) is 22.7 Å². The Labute approximate surface area is 370 Å². The lowest BCUT2D eigenvalue weighted by molar-refractivity contribution is -0.120. The first-order valence-corrected chi connectivity index (χ1v) is 22.0. The van der Waals surface area contributed by atoms with E-state index in [9.17, 15) is 14.4 Å². The van der Waals surface area contributed by atoms with E-state index in [1.807, 2.05) is 24.3 Å². The van der Waals surface area contributed by atoms with Crippen LogP contribution in [0.25, 0.3) is 43.1 Å². The van der Waals surface area contributed by atoms with Crippen LogP contribution in [0.1, 0.15) is 114 Å². The van der Waals surface area contributed by atoms with Gasteiger partial charge in [0, 0.05) is 33.3 Å². The zero-order valence-corrected chi connectivity index (χ0v) is 38.1. The molecule has 1 aliphatic heterocycles. The Kier molecular flexibility index (Phi) is 9.82. The lowest BCUT2D eigenvalue weighted by atomic mass is 9.72. The second-order valence-electron chi connectivity index (χ2n) is 21.3. The Balaban J connectivity index is 1.21. The third-order valence-electron chi connectivity index (χ3n) is 12.9. The molecule has 0 aliphatic carbocycles. The van der Waals surface area contributed by atoms with Gasteiger partial charge in [0.2, 0.25) is 0 Å². The average Bonchev–Trinajstić information content (AvgIpc) is 3.22. The molecule has 63 heavy (non-hydrogen) atoms. The fourth-order valence-electron chi connectivity index (χ4n) is 11.0. The third-order valence-corrected chi connectivity index (χ3v) is 12.9. The number of ether oxygens (including phenoxy) is 1. The van der Waals surface area contributed by atoms with E-state index in [2.05, 4.69) is 153 Å². The lowest BCUT2D eigenvalue weighted by Crippen LogP contribution is -2.40. The van der Waals surface area contributed by atoms with Crippen LogP contribution >= 0.6 is 0 Å². The van der Waals surface area contributed by atoms with E-state index in [0.717, 1.165) is 67.6 Å². The molecule has 0 N–H and O–H groups in total. The number of amides is 2. The molecule has 9 rings (SSSR count). The van der Waals surface area contributed by atoms with E-state index >= 15 is 0 Å². The van der Waals surface area contributed by atoms with Crippen molar-refractivity contribution in [2.24, 2.45) is 10.8 Å². The molecule has 6 heteroatoms. The molecule has 0 spiro atoms.